The van der Waals surface area contributed by atoms with Crippen LogP contribution in [0.4, 0.5) is 5.69 Å². The highest BCUT2D eigenvalue weighted by atomic mass is 16.5. The monoisotopic (exact) mass is 397 g/mol. The van der Waals surface area contributed by atoms with Crippen LogP contribution in [0.3, 0.4) is 0 Å². The number of aryl methyl sites for hydroxylation is 1. The molecule has 0 bridgehead atoms. The van der Waals surface area contributed by atoms with E-state index in [0.717, 1.165) is 16.7 Å². The number of carbonyl (C=O) groups excluding carboxylic acids is 1. The highest BCUT2D eigenvalue weighted by Gasteiger charge is 2.10. The standard InChI is InChI=1S/C24H19N3O3/c1-16-4-2-3-5-19(16)14-29-15-23(28)26-20-9-7-18(8-10-20)24-27-21-12-17(13-25)6-11-22(21)30-24/h2-12H,14-15H2,1H3,(H,26,28). The Bertz CT molecular complexity index is 1240. The van der Waals surface area contributed by atoms with Gasteiger partial charge in [-0.25, -0.2) is 4.98 Å². The minimum absolute atomic E-state index is 0.0254. The molecule has 3 aromatic carbocycles. The maximum atomic E-state index is 12.1. The number of benzene rings is 3. The summed E-state index contributed by atoms with van der Waals surface area (Å²) in [5.41, 5.74) is 5.42. The van der Waals surface area contributed by atoms with Gasteiger partial charge in [0.05, 0.1) is 18.2 Å². The van der Waals surface area contributed by atoms with Gasteiger partial charge in [-0.3, -0.25) is 4.79 Å². The number of aromatic nitrogens is 1. The van der Waals surface area contributed by atoms with Crippen LogP contribution in [0.5, 0.6) is 0 Å². The lowest BCUT2D eigenvalue weighted by molar-refractivity contribution is -0.121. The SMILES string of the molecule is Cc1ccccc1COCC(=O)Nc1ccc(-c2nc3cc(C#N)ccc3o2)cc1. The summed E-state index contributed by atoms with van der Waals surface area (Å²) in [7, 11) is 0. The molecule has 0 aliphatic rings. The fourth-order valence-corrected chi connectivity index (χ4v) is 3.04. The third kappa shape index (κ3) is 4.37. The Labute approximate surface area is 173 Å². The van der Waals surface area contributed by atoms with Gasteiger partial charge in [-0.2, -0.15) is 5.26 Å². The maximum absolute atomic E-state index is 12.1. The summed E-state index contributed by atoms with van der Waals surface area (Å²) < 4.78 is 11.3. The summed E-state index contributed by atoms with van der Waals surface area (Å²) in [4.78, 5) is 16.6. The van der Waals surface area contributed by atoms with E-state index in [4.69, 9.17) is 14.4 Å². The number of oxazole rings is 1. The Morgan fingerprint density at radius 2 is 1.93 bits per heavy atom. The molecular formula is C24H19N3O3. The highest BCUT2D eigenvalue weighted by Crippen LogP contribution is 2.26. The smallest absolute Gasteiger partial charge is 0.250 e. The fraction of sp³-hybridized carbons (Fsp3) is 0.125. The lowest BCUT2D eigenvalue weighted by atomic mass is 10.1. The second-order valence-corrected chi connectivity index (χ2v) is 6.86. The third-order valence-corrected chi connectivity index (χ3v) is 4.68. The lowest BCUT2D eigenvalue weighted by Crippen LogP contribution is -2.18. The van der Waals surface area contributed by atoms with E-state index in [9.17, 15) is 4.79 Å². The van der Waals surface area contributed by atoms with Gasteiger partial charge < -0.3 is 14.5 Å². The number of ether oxygens (including phenoxy) is 1. The number of carbonyl (C=O) groups is 1. The number of fused-ring (bicyclic) bond motifs is 1. The van der Waals surface area contributed by atoms with Gasteiger partial charge in [0.1, 0.15) is 12.1 Å². The van der Waals surface area contributed by atoms with Crippen molar-refractivity contribution in [2.75, 3.05) is 11.9 Å². The number of anilines is 1. The zero-order chi connectivity index (χ0) is 20.9. The summed E-state index contributed by atoms with van der Waals surface area (Å²) in [6.45, 7) is 2.38. The molecule has 0 atom stereocenters. The zero-order valence-electron chi connectivity index (χ0n) is 16.4. The van der Waals surface area contributed by atoms with Crippen molar-refractivity contribution in [1.82, 2.24) is 4.98 Å². The first-order valence-corrected chi connectivity index (χ1v) is 9.45. The predicted octanol–water partition coefficient (Wildman–Crippen LogP) is 4.83. The van der Waals surface area contributed by atoms with Gasteiger partial charge in [0, 0.05) is 11.3 Å². The Morgan fingerprint density at radius 1 is 1.13 bits per heavy atom. The average Bonchev–Trinajstić information content (AvgIpc) is 3.19. The van der Waals surface area contributed by atoms with E-state index in [0.29, 0.717) is 34.8 Å². The number of hydrogen-bond acceptors (Lipinski definition) is 5. The second kappa shape index (κ2) is 8.60. The Balaban J connectivity index is 1.36. The van der Waals surface area contributed by atoms with E-state index in [2.05, 4.69) is 16.4 Å². The number of nitrogens with zero attached hydrogens (tertiary/aromatic N) is 2. The molecule has 1 amide bonds. The van der Waals surface area contributed by atoms with Gasteiger partial charge in [0.2, 0.25) is 11.8 Å². The Kier molecular flexibility index (Phi) is 5.55. The molecule has 0 saturated carbocycles. The molecule has 4 aromatic rings. The first-order valence-electron chi connectivity index (χ1n) is 9.45. The summed E-state index contributed by atoms with van der Waals surface area (Å²) in [6, 6.07) is 22.3. The number of nitrogens with one attached hydrogen (secondary N) is 1. The summed E-state index contributed by atoms with van der Waals surface area (Å²) in [5.74, 6) is 0.238. The van der Waals surface area contributed by atoms with Crippen molar-refractivity contribution < 1.29 is 13.9 Å². The van der Waals surface area contributed by atoms with Crippen molar-refractivity contribution in [1.29, 1.82) is 5.26 Å². The average molecular weight is 397 g/mol. The van der Waals surface area contributed by atoms with E-state index in [-0.39, 0.29) is 12.5 Å². The number of rotatable bonds is 6. The molecule has 1 N–H and O–H groups in total. The molecule has 0 aliphatic carbocycles. The van der Waals surface area contributed by atoms with E-state index < -0.39 is 0 Å². The molecule has 0 aliphatic heterocycles. The van der Waals surface area contributed by atoms with Crippen molar-refractivity contribution in [2.45, 2.75) is 13.5 Å². The molecular weight excluding hydrogens is 378 g/mol. The van der Waals surface area contributed by atoms with Crippen LogP contribution >= 0.6 is 0 Å². The molecule has 0 unspecified atom stereocenters. The molecule has 148 valence electrons. The van der Waals surface area contributed by atoms with E-state index in [1.54, 1.807) is 30.3 Å². The summed E-state index contributed by atoms with van der Waals surface area (Å²) in [6.07, 6.45) is 0. The topological polar surface area (TPSA) is 88.1 Å². The second-order valence-electron chi connectivity index (χ2n) is 6.86. The van der Waals surface area contributed by atoms with Crippen LogP contribution in [0.15, 0.2) is 71.1 Å². The molecule has 6 nitrogen and oxygen atoms in total. The number of amides is 1. The van der Waals surface area contributed by atoms with Crippen molar-refractivity contribution in [3.63, 3.8) is 0 Å². The van der Waals surface area contributed by atoms with Crippen molar-refractivity contribution in [3.05, 3.63) is 83.4 Å². The zero-order valence-corrected chi connectivity index (χ0v) is 16.4. The van der Waals surface area contributed by atoms with E-state index in [1.165, 1.54) is 0 Å². The van der Waals surface area contributed by atoms with Gasteiger partial charge in [-0.05, 0) is 60.5 Å². The van der Waals surface area contributed by atoms with Crippen LogP contribution in [0, 0.1) is 18.3 Å². The van der Waals surface area contributed by atoms with Crippen molar-refractivity contribution in [2.24, 2.45) is 0 Å². The first-order chi connectivity index (χ1) is 14.6. The van der Waals surface area contributed by atoms with Gasteiger partial charge in [0.25, 0.3) is 0 Å². The number of hydrogen-bond donors (Lipinski definition) is 1. The van der Waals surface area contributed by atoms with Gasteiger partial charge in [0.15, 0.2) is 5.58 Å². The van der Waals surface area contributed by atoms with E-state index >= 15 is 0 Å². The lowest BCUT2D eigenvalue weighted by Gasteiger charge is -2.08. The molecule has 0 fully saturated rings. The van der Waals surface area contributed by atoms with Crippen LogP contribution in [0.1, 0.15) is 16.7 Å². The predicted molar refractivity (Wildman–Crippen MR) is 114 cm³/mol. The Hall–Kier alpha value is -3.95. The molecule has 0 saturated heterocycles. The summed E-state index contributed by atoms with van der Waals surface area (Å²) in [5, 5.41) is 11.8. The molecule has 1 aromatic heterocycles. The molecule has 30 heavy (non-hydrogen) atoms. The van der Waals surface area contributed by atoms with Gasteiger partial charge in [-0.15, -0.1) is 0 Å². The van der Waals surface area contributed by atoms with Crippen LogP contribution < -0.4 is 5.32 Å². The van der Waals surface area contributed by atoms with E-state index in [1.807, 2.05) is 43.3 Å². The summed E-state index contributed by atoms with van der Waals surface area (Å²) >= 11 is 0. The minimum atomic E-state index is -0.220. The van der Waals surface area contributed by atoms with Crippen LogP contribution in [0.25, 0.3) is 22.6 Å². The van der Waals surface area contributed by atoms with Crippen molar-refractivity contribution >= 4 is 22.7 Å². The third-order valence-electron chi connectivity index (χ3n) is 4.68. The molecule has 0 spiro atoms. The normalized spacial score (nSPS) is 10.7. The van der Waals surface area contributed by atoms with Gasteiger partial charge in [-0.1, -0.05) is 24.3 Å². The van der Waals surface area contributed by atoms with Gasteiger partial charge >= 0.3 is 0 Å². The molecule has 6 heteroatoms. The fourth-order valence-electron chi connectivity index (χ4n) is 3.04. The quantitative estimate of drug-likeness (QED) is 0.503. The Morgan fingerprint density at radius 3 is 2.70 bits per heavy atom. The molecule has 1 heterocycles. The molecule has 4 rings (SSSR count). The largest absolute Gasteiger partial charge is 0.436 e. The first kappa shape index (κ1) is 19.4. The highest BCUT2D eigenvalue weighted by molar-refractivity contribution is 5.92. The number of nitriles is 1. The van der Waals surface area contributed by atoms with Crippen LogP contribution in [0.2, 0.25) is 0 Å². The van der Waals surface area contributed by atoms with Crippen molar-refractivity contribution in [3.8, 4) is 17.5 Å². The van der Waals surface area contributed by atoms with Crippen LogP contribution in [-0.4, -0.2) is 17.5 Å². The maximum Gasteiger partial charge on any atom is 0.250 e. The molecule has 0 radical (unpaired) electrons. The minimum Gasteiger partial charge on any atom is -0.436 e. The van der Waals surface area contributed by atoms with Crippen LogP contribution in [-0.2, 0) is 16.1 Å².